The number of hydrogen-bond donors (Lipinski definition) is 1. The minimum atomic E-state index is -4.57. The van der Waals surface area contributed by atoms with Gasteiger partial charge in [0.25, 0.3) is 0 Å². The molecule has 0 saturated heterocycles. The predicted octanol–water partition coefficient (Wildman–Crippen LogP) is 1.81. The largest absolute Gasteiger partial charge is 0.341 e. The molecule has 1 aromatic heterocycles. The quantitative estimate of drug-likeness (QED) is 0.824. The molecule has 0 radical (unpaired) electrons. The second-order valence-corrected chi connectivity index (χ2v) is 7.04. The zero-order valence-corrected chi connectivity index (χ0v) is 13.5. The molecule has 1 N–H and O–H groups in total. The van der Waals surface area contributed by atoms with Gasteiger partial charge in [-0.25, -0.2) is 8.42 Å². The number of nitrogens with one attached hydrogen (secondary N) is 1. The summed E-state index contributed by atoms with van der Waals surface area (Å²) >= 11 is 0. The van der Waals surface area contributed by atoms with E-state index in [2.05, 4.69) is 15.5 Å². The minimum Gasteiger partial charge on any atom is -0.339 e. The highest BCUT2D eigenvalue weighted by Crippen LogP contribution is 2.19. The van der Waals surface area contributed by atoms with Crippen LogP contribution in [-0.4, -0.2) is 37.4 Å². The predicted molar refractivity (Wildman–Crippen MR) is 79.0 cm³/mol. The van der Waals surface area contributed by atoms with Crippen molar-refractivity contribution in [2.75, 3.05) is 7.05 Å². The van der Waals surface area contributed by atoms with Crippen LogP contribution in [0.1, 0.15) is 24.2 Å². The number of benzene rings is 1. The van der Waals surface area contributed by atoms with Crippen LogP contribution in [0.2, 0.25) is 0 Å². The Balaban J connectivity index is 2.07. The van der Waals surface area contributed by atoms with Gasteiger partial charge in [-0.2, -0.15) is 13.8 Å². The van der Waals surface area contributed by atoms with Gasteiger partial charge in [0.1, 0.15) is 0 Å². The smallest absolute Gasteiger partial charge is 0.339 e. The number of aromatic nitrogens is 2. The molecule has 1 unspecified atom stereocenters. The zero-order chi connectivity index (χ0) is 17.0. The first-order valence-corrected chi connectivity index (χ1v) is 8.47. The van der Waals surface area contributed by atoms with Gasteiger partial charge in [0, 0.05) is 12.5 Å². The van der Waals surface area contributed by atoms with Crippen LogP contribution in [0.15, 0.2) is 33.7 Å². The Hall–Kier alpha value is -1.87. The maximum Gasteiger partial charge on any atom is 0.341 e. The fraction of sp³-hybridized carbons (Fsp3) is 0.429. The van der Waals surface area contributed by atoms with E-state index >= 15 is 0 Å². The highest BCUT2D eigenvalue weighted by molar-refractivity contribution is 7.91. The van der Waals surface area contributed by atoms with Crippen LogP contribution in [0.25, 0.3) is 0 Å². The lowest BCUT2D eigenvalue weighted by Gasteiger charge is -2.04. The lowest BCUT2D eigenvalue weighted by Crippen LogP contribution is -2.24. The van der Waals surface area contributed by atoms with Gasteiger partial charge in [0.05, 0.1) is 11.3 Å². The summed E-state index contributed by atoms with van der Waals surface area (Å²) < 4.78 is 52.7. The van der Waals surface area contributed by atoms with Crippen molar-refractivity contribution in [3.63, 3.8) is 0 Å². The van der Waals surface area contributed by atoms with E-state index in [0.29, 0.717) is 30.1 Å². The second kappa shape index (κ2) is 7.14. The van der Waals surface area contributed by atoms with Crippen LogP contribution >= 0.6 is 0 Å². The molecule has 1 aromatic carbocycles. The molecule has 9 heteroatoms. The summed E-state index contributed by atoms with van der Waals surface area (Å²) in [6.45, 7) is 1.98. The molecule has 23 heavy (non-hydrogen) atoms. The van der Waals surface area contributed by atoms with Gasteiger partial charge < -0.3 is 9.84 Å². The SMILES string of the molecule is CNC(C)Cc1noc(Cc2ccc(S(=O)(=O)C(F)F)cc2)n1. The summed E-state index contributed by atoms with van der Waals surface area (Å²) in [6, 6.07) is 5.42. The third-order valence-corrected chi connectivity index (χ3v) is 4.73. The number of rotatable bonds is 7. The number of halogens is 2. The molecule has 2 rings (SSSR count). The van der Waals surface area contributed by atoms with E-state index in [1.807, 2.05) is 14.0 Å². The molecule has 0 bridgehead atoms. The molecular weight excluding hydrogens is 328 g/mol. The fourth-order valence-electron chi connectivity index (χ4n) is 1.90. The Labute approximate surface area is 132 Å². The Morgan fingerprint density at radius 1 is 1.26 bits per heavy atom. The standard InChI is InChI=1S/C14H17F2N3O3S/c1-9(17-2)7-12-18-13(22-19-12)8-10-3-5-11(6-4-10)23(20,21)14(15)16/h3-6,9,14,17H,7-8H2,1-2H3. The number of likely N-dealkylation sites (N-methyl/N-ethyl adjacent to an activating group) is 1. The maximum absolute atomic E-state index is 12.5. The van der Waals surface area contributed by atoms with Gasteiger partial charge in [-0.05, 0) is 31.7 Å². The fourth-order valence-corrected chi connectivity index (χ4v) is 2.62. The van der Waals surface area contributed by atoms with Crippen LogP contribution in [0.4, 0.5) is 8.78 Å². The van der Waals surface area contributed by atoms with Gasteiger partial charge in [-0.3, -0.25) is 0 Å². The first-order valence-electron chi connectivity index (χ1n) is 6.92. The van der Waals surface area contributed by atoms with Crippen molar-refractivity contribution in [3.05, 3.63) is 41.5 Å². The summed E-state index contributed by atoms with van der Waals surface area (Å²) in [5.74, 6) is -2.48. The Morgan fingerprint density at radius 3 is 2.48 bits per heavy atom. The van der Waals surface area contributed by atoms with Crippen LogP contribution < -0.4 is 5.32 Å². The van der Waals surface area contributed by atoms with E-state index in [-0.39, 0.29) is 6.04 Å². The van der Waals surface area contributed by atoms with Crippen molar-refractivity contribution in [1.29, 1.82) is 0 Å². The monoisotopic (exact) mass is 345 g/mol. The van der Waals surface area contributed by atoms with Crippen molar-refractivity contribution in [1.82, 2.24) is 15.5 Å². The number of alkyl halides is 2. The van der Waals surface area contributed by atoms with Crippen LogP contribution in [-0.2, 0) is 22.7 Å². The van der Waals surface area contributed by atoms with E-state index in [9.17, 15) is 17.2 Å². The van der Waals surface area contributed by atoms with E-state index in [1.165, 1.54) is 12.1 Å². The first kappa shape index (κ1) is 17.5. The molecule has 0 amide bonds. The highest BCUT2D eigenvalue weighted by atomic mass is 32.2. The molecule has 2 aromatic rings. The topological polar surface area (TPSA) is 85.1 Å². The molecular formula is C14H17F2N3O3S. The molecule has 126 valence electrons. The van der Waals surface area contributed by atoms with Crippen molar-refractivity contribution < 1.29 is 21.7 Å². The van der Waals surface area contributed by atoms with Crippen molar-refractivity contribution in [3.8, 4) is 0 Å². The van der Waals surface area contributed by atoms with E-state index in [1.54, 1.807) is 0 Å². The maximum atomic E-state index is 12.5. The molecule has 0 aliphatic rings. The van der Waals surface area contributed by atoms with Crippen LogP contribution in [0.5, 0.6) is 0 Å². The van der Waals surface area contributed by atoms with Gasteiger partial charge in [-0.15, -0.1) is 0 Å². The first-order chi connectivity index (χ1) is 10.8. The molecule has 0 saturated carbocycles. The van der Waals surface area contributed by atoms with Crippen molar-refractivity contribution in [2.24, 2.45) is 0 Å². The van der Waals surface area contributed by atoms with Crippen LogP contribution in [0.3, 0.4) is 0 Å². The average Bonchev–Trinajstić information content (AvgIpc) is 2.94. The van der Waals surface area contributed by atoms with E-state index in [0.717, 1.165) is 12.1 Å². The zero-order valence-electron chi connectivity index (χ0n) is 12.7. The van der Waals surface area contributed by atoms with E-state index in [4.69, 9.17) is 4.52 Å². The summed E-state index contributed by atoms with van der Waals surface area (Å²) in [6.07, 6.45) is 0.918. The molecule has 0 aliphatic carbocycles. The van der Waals surface area contributed by atoms with Gasteiger partial charge in [0.15, 0.2) is 5.82 Å². The molecule has 6 nitrogen and oxygen atoms in total. The second-order valence-electron chi connectivity index (χ2n) is 5.12. The lowest BCUT2D eigenvalue weighted by molar-refractivity contribution is 0.234. The van der Waals surface area contributed by atoms with E-state index < -0.39 is 20.5 Å². The molecule has 1 atom stereocenters. The third-order valence-electron chi connectivity index (χ3n) is 3.33. The van der Waals surface area contributed by atoms with Gasteiger partial charge in [0.2, 0.25) is 15.7 Å². The number of nitrogens with zero attached hydrogens (tertiary/aromatic N) is 2. The van der Waals surface area contributed by atoms with Crippen molar-refractivity contribution in [2.45, 2.75) is 36.5 Å². The lowest BCUT2D eigenvalue weighted by atomic mass is 10.1. The summed E-state index contributed by atoms with van der Waals surface area (Å²) in [5, 5.41) is 6.92. The molecule has 0 aliphatic heterocycles. The Morgan fingerprint density at radius 2 is 1.91 bits per heavy atom. The molecule has 0 spiro atoms. The minimum absolute atomic E-state index is 0.208. The summed E-state index contributed by atoms with van der Waals surface area (Å²) in [5.41, 5.74) is 0.690. The highest BCUT2D eigenvalue weighted by Gasteiger charge is 2.26. The number of sulfone groups is 1. The molecule has 0 fully saturated rings. The number of hydrogen-bond acceptors (Lipinski definition) is 6. The Kier molecular flexibility index (Phi) is 5.42. The summed E-state index contributed by atoms with van der Waals surface area (Å²) in [4.78, 5) is 3.83. The van der Waals surface area contributed by atoms with Crippen LogP contribution in [0, 0.1) is 0 Å². The molecule has 1 heterocycles. The third kappa shape index (κ3) is 4.32. The van der Waals surface area contributed by atoms with Gasteiger partial charge >= 0.3 is 5.76 Å². The van der Waals surface area contributed by atoms with Crippen molar-refractivity contribution >= 4 is 9.84 Å². The summed E-state index contributed by atoms with van der Waals surface area (Å²) in [7, 11) is -2.74. The normalized spacial score (nSPS) is 13.4. The van der Waals surface area contributed by atoms with Gasteiger partial charge in [-0.1, -0.05) is 17.3 Å². The Bertz CT molecular complexity index is 745. The average molecular weight is 345 g/mol.